The Labute approximate surface area is 83.5 Å². The molecule has 2 N–H and O–H groups in total. The molecule has 0 rings (SSSR count). The van der Waals surface area contributed by atoms with Crippen LogP contribution in [0.3, 0.4) is 0 Å². The predicted molar refractivity (Wildman–Crippen MR) is 60.1 cm³/mol. The quantitative estimate of drug-likeness (QED) is 0.663. The third kappa shape index (κ3) is 8.26. The van der Waals surface area contributed by atoms with E-state index in [1.165, 1.54) is 12.8 Å². The predicted octanol–water partition coefficient (Wildman–Crippen LogP) is 2.01. The van der Waals surface area contributed by atoms with Crippen molar-refractivity contribution in [1.29, 1.82) is 0 Å². The lowest BCUT2D eigenvalue weighted by atomic mass is 9.97. The van der Waals surface area contributed by atoms with E-state index in [2.05, 4.69) is 38.3 Å². The molecule has 0 fully saturated rings. The van der Waals surface area contributed by atoms with Gasteiger partial charge in [-0.25, -0.2) is 0 Å². The smallest absolute Gasteiger partial charge is 0.0189 e. The van der Waals surface area contributed by atoms with Crippen LogP contribution in [0.5, 0.6) is 0 Å². The van der Waals surface area contributed by atoms with E-state index in [1.807, 2.05) is 7.05 Å². The molecule has 0 aromatic heterocycles. The monoisotopic (exact) mass is 186 g/mol. The van der Waals surface area contributed by atoms with Gasteiger partial charge in [0.2, 0.25) is 0 Å². The summed E-state index contributed by atoms with van der Waals surface area (Å²) in [5, 5.41) is 6.83. The van der Waals surface area contributed by atoms with Crippen molar-refractivity contribution in [1.82, 2.24) is 10.6 Å². The van der Waals surface area contributed by atoms with Crippen LogP contribution in [0.1, 0.15) is 40.5 Å². The zero-order valence-electron chi connectivity index (χ0n) is 9.91. The Morgan fingerprint density at radius 2 is 1.85 bits per heavy atom. The first-order valence-corrected chi connectivity index (χ1v) is 5.37. The molecule has 2 heteroatoms. The van der Waals surface area contributed by atoms with Crippen LogP contribution in [-0.2, 0) is 0 Å². The van der Waals surface area contributed by atoms with Gasteiger partial charge in [-0.05, 0) is 18.9 Å². The number of nitrogens with one attached hydrogen (secondary N) is 2. The van der Waals surface area contributed by atoms with Gasteiger partial charge in [0.05, 0.1) is 0 Å². The van der Waals surface area contributed by atoms with Crippen molar-refractivity contribution in [3.63, 3.8) is 0 Å². The minimum atomic E-state index is 0.393. The minimum absolute atomic E-state index is 0.393. The third-order valence-corrected chi connectivity index (χ3v) is 2.09. The first-order valence-electron chi connectivity index (χ1n) is 5.37. The molecule has 0 aromatic rings. The number of hydrogen-bond donors (Lipinski definition) is 2. The normalized spacial score (nSPS) is 14.5. The highest BCUT2D eigenvalue weighted by Crippen LogP contribution is 2.10. The van der Waals surface area contributed by atoms with E-state index in [0.717, 1.165) is 13.1 Å². The van der Waals surface area contributed by atoms with Crippen LogP contribution in [0.2, 0.25) is 0 Å². The summed E-state index contributed by atoms with van der Waals surface area (Å²) < 4.78 is 0. The summed E-state index contributed by atoms with van der Waals surface area (Å²) in [5.74, 6) is 0. The molecular formula is C11H26N2. The van der Waals surface area contributed by atoms with Crippen molar-refractivity contribution >= 4 is 0 Å². The highest BCUT2D eigenvalue weighted by atomic mass is 15.0. The Bertz CT molecular complexity index is 116. The molecule has 0 aliphatic carbocycles. The molecule has 2 nitrogen and oxygen atoms in total. The summed E-state index contributed by atoms with van der Waals surface area (Å²) >= 11 is 0. The van der Waals surface area contributed by atoms with E-state index in [1.54, 1.807) is 0 Å². The largest absolute Gasteiger partial charge is 0.316 e. The van der Waals surface area contributed by atoms with Gasteiger partial charge in [0.25, 0.3) is 0 Å². The first kappa shape index (κ1) is 12.9. The summed E-state index contributed by atoms with van der Waals surface area (Å²) in [7, 11) is 2.04. The molecule has 0 spiro atoms. The zero-order valence-corrected chi connectivity index (χ0v) is 9.91. The Morgan fingerprint density at radius 3 is 2.23 bits per heavy atom. The number of rotatable bonds is 6. The molecule has 1 atom stereocenters. The molecule has 0 radical (unpaired) electrons. The van der Waals surface area contributed by atoms with Gasteiger partial charge in [0.15, 0.2) is 0 Å². The average Bonchev–Trinajstić information content (AvgIpc) is 2.01. The van der Waals surface area contributed by atoms with Crippen LogP contribution < -0.4 is 10.6 Å². The number of likely N-dealkylation sites (N-methyl/N-ethyl adjacent to an activating group) is 1. The zero-order chi connectivity index (χ0) is 10.3. The second-order valence-electron chi connectivity index (χ2n) is 4.97. The fraction of sp³-hybridized carbons (Fsp3) is 1.00. The molecule has 0 aliphatic rings. The van der Waals surface area contributed by atoms with Crippen molar-refractivity contribution in [2.75, 3.05) is 20.1 Å². The summed E-state index contributed by atoms with van der Waals surface area (Å²) in [4.78, 5) is 0. The molecule has 0 aliphatic heterocycles. The maximum Gasteiger partial charge on any atom is 0.0189 e. The Hall–Kier alpha value is -0.0800. The van der Waals surface area contributed by atoms with E-state index < -0.39 is 0 Å². The van der Waals surface area contributed by atoms with Crippen molar-refractivity contribution < 1.29 is 0 Å². The van der Waals surface area contributed by atoms with E-state index in [9.17, 15) is 0 Å². The van der Waals surface area contributed by atoms with Gasteiger partial charge in [-0.15, -0.1) is 0 Å². The SMILES string of the molecule is CCCC(CNCC(C)(C)C)NC. The molecule has 1 unspecified atom stereocenters. The molecule has 0 heterocycles. The fourth-order valence-electron chi connectivity index (χ4n) is 1.32. The molecule has 13 heavy (non-hydrogen) atoms. The van der Waals surface area contributed by atoms with Gasteiger partial charge in [0, 0.05) is 19.1 Å². The first-order chi connectivity index (χ1) is 5.99. The van der Waals surface area contributed by atoms with E-state index in [-0.39, 0.29) is 0 Å². The molecule has 0 bridgehead atoms. The van der Waals surface area contributed by atoms with E-state index >= 15 is 0 Å². The van der Waals surface area contributed by atoms with Gasteiger partial charge in [-0.1, -0.05) is 34.1 Å². The summed E-state index contributed by atoms with van der Waals surface area (Å²) in [6, 6.07) is 0.632. The van der Waals surface area contributed by atoms with Crippen molar-refractivity contribution in [3.05, 3.63) is 0 Å². The Balaban J connectivity index is 3.49. The van der Waals surface area contributed by atoms with Gasteiger partial charge < -0.3 is 10.6 Å². The molecular weight excluding hydrogens is 160 g/mol. The van der Waals surface area contributed by atoms with Crippen LogP contribution >= 0.6 is 0 Å². The molecule has 0 amide bonds. The fourth-order valence-corrected chi connectivity index (χ4v) is 1.32. The highest BCUT2D eigenvalue weighted by Gasteiger charge is 2.10. The van der Waals surface area contributed by atoms with Gasteiger partial charge in [-0.3, -0.25) is 0 Å². The minimum Gasteiger partial charge on any atom is -0.316 e. The number of hydrogen-bond acceptors (Lipinski definition) is 2. The van der Waals surface area contributed by atoms with Crippen LogP contribution in [0.15, 0.2) is 0 Å². The van der Waals surface area contributed by atoms with Crippen LogP contribution in [0, 0.1) is 5.41 Å². The van der Waals surface area contributed by atoms with Gasteiger partial charge >= 0.3 is 0 Å². The molecule has 80 valence electrons. The van der Waals surface area contributed by atoms with Gasteiger partial charge in [-0.2, -0.15) is 0 Å². The van der Waals surface area contributed by atoms with Crippen molar-refractivity contribution in [3.8, 4) is 0 Å². The van der Waals surface area contributed by atoms with Crippen molar-refractivity contribution in [2.45, 2.75) is 46.6 Å². The Morgan fingerprint density at radius 1 is 1.23 bits per heavy atom. The maximum atomic E-state index is 3.50. The van der Waals surface area contributed by atoms with Crippen LogP contribution in [0.4, 0.5) is 0 Å². The molecule has 0 saturated heterocycles. The maximum absolute atomic E-state index is 3.50. The second-order valence-corrected chi connectivity index (χ2v) is 4.97. The summed E-state index contributed by atoms with van der Waals surface area (Å²) in [5.41, 5.74) is 0.393. The standard InChI is InChI=1S/C11H26N2/c1-6-7-10(12-5)8-13-9-11(2,3)4/h10,12-13H,6-9H2,1-5H3. The van der Waals surface area contributed by atoms with E-state index in [0.29, 0.717) is 11.5 Å². The third-order valence-electron chi connectivity index (χ3n) is 2.09. The van der Waals surface area contributed by atoms with Gasteiger partial charge in [0.1, 0.15) is 0 Å². The average molecular weight is 186 g/mol. The van der Waals surface area contributed by atoms with Crippen LogP contribution in [-0.4, -0.2) is 26.2 Å². The topological polar surface area (TPSA) is 24.1 Å². The second kappa shape index (κ2) is 6.39. The Kier molecular flexibility index (Phi) is 6.35. The van der Waals surface area contributed by atoms with Crippen LogP contribution in [0.25, 0.3) is 0 Å². The van der Waals surface area contributed by atoms with E-state index in [4.69, 9.17) is 0 Å². The lowest BCUT2D eigenvalue weighted by Crippen LogP contribution is -2.39. The lowest BCUT2D eigenvalue weighted by molar-refractivity contribution is 0.361. The summed E-state index contributed by atoms with van der Waals surface area (Å²) in [6.45, 7) is 11.2. The molecule has 0 aromatic carbocycles. The van der Waals surface area contributed by atoms with Crippen molar-refractivity contribution in [2.24, 2.45) is 5.41 Å². The highest BCUT2D eigenvalue weighted by molar-refractivity contribution is 4.70. The molecule has 0 saturated carbocycles. The summed E-state index contributed by atoms with van der Waals surface area (Å²) in [6.07, 6.45) is 2.51. The lowest BCUT2D eigenvalue weighted by Gasteiger charge is -2.22.